The minimum Gasteiger partial charge on any atom is -0.477 e. The topological polar surface area (TPSA) is 81.2 Å². The van der Waals surface area contributed by atoms with Crippen LogP contribution in [0.4, 0.5) is 0 Å². The molecule has 90 valence electrons. The van der Waals surface area contributed by atoms with E-state index in [-0.39, 0.29) is 5.56 Å². The smallest absolute Gasteiger partial charge is 0.341 e. The van der Waals surface area contributed by atoms with E-state index < -0.39 is 5.97 Å². The number of hydrogen-bond donors (Lipinski definition) is 1. The van der Waals surface area contributed by atoms with Crippen molar-refractivity contribution in [3.63, 3.8) is 0 Å². The van der Waals surface area contributed by atoms with Gasteiger partial charge in [-0.15, -0.1) is 0 Å². The van der Waals surface area contributed by atoms with E-state index in [1.54, 1.807) is 12.5 Å². The molecule has 0 aromatic carbocycles. The van der Waals surface area contributed by atoms with Crippen LogP contribution in [0.5, 0.6) is 0 Å². The van der Waals surface area contributed by atoms with E-state index >= 15 is 0 Å². The predicted molar refractivity (Wildman–Crippen MR) is 59.7 cm³/mol. The zero-order valence-electron chi connectivity index (χ0n) is 9.67. The van der Waals surface area contributed by atoms with Crippen LogP contribution in [0.1, 0.15) is 30.0 Å². The van der Waals surface area contributed by atoms with E-state index in [1.807, 2.05) is 18.4 Å². The monoisotopic (exact) mass is 235 g/mol. The van der Waals surface area contributed by atoms with Gasteiger partial charge in [-0.25, -0.2) is 9.78 Å². The van der Waals surface area contributed by atoms with Crippen molar-refractivity contribution in [2.24, 2.45) is 0 Å². The molecule has 0 aliphatic carbocycles. The van der Waals surface area contributed by atoms with Crippen LogP contribution in [0.25, 0.3) is 11.4 Å². The average molecular weight is 235 g/mol. The van der Waals surface area contributed by atoms with Crippen molar-refractivity contribution in [3.05, 3.63) is 23.8 Å². The molecule has 0 aliphatic heterocycles. The molecule has 0 fully saturated rings. The van der Waals surface area contributed by atoms with Crippen LogP contribution in [-0.4, -0.2) is 25.8 Å². The maximum Gasteiger partial charge on any atom is 0.341 e. The Labute approximate surface area is 97.9 Å². The van der Waals surface area contributed by atoms with Gasteiger partial charge in [0.1, 0.15) is 11.3 Å². The van der Waals surface area contributed by atoms with E-state index in [1.165, 1.54) is 0 Å². The van der Waals surface area contributed by atoms with Gasteiger partial charge in [-0.2, -0.15) is 0 Å². The predicted octanol–water partition coefficient (Wildman–Crippen LogP) is 1.82. The molecule has 0 atom stereocenters. The molecular weight excluding hydrogens is 222 g/mol. The molecule has 0 saturated carbocycles. The fourth-order valence-corrected chi connectivity index (χ4v) is 1.73. The SMILES string of the molecule is CCc1onc(-c2cncn2CC)c1C(=O)O. The Hall–Kier alpha value is -2.11. The summed E-state index contributed by atoms with van der Waals surface area (Å²) >= 11 is 0. The lowest BCUT2D eigenvalue weighted by atomic mass is 10.1. The van der Waals surface area contributed by atoms with E-state index in [4.69, 9.17) is 4.52 Å². The van der Waals surface area contributed by atoms with Crippen LogP contribution in [0, 0.1) is 0 Å². The second kappa shape index (κ2) is 4.40. The number of aryl methyl sites for hydroxylation is 2. The normalized spacial score (nSPS) is 10.7. The van der Waals surface area contributed by atoms with E-state index in [2.05, 4.69) is 10.1 Å². The average Bonchev–Trinajstić information content (AvgIpc) is 2.93. The van der Waals surface area contributed by atoms with Crippen molar-refractivity contribution in [1.82, 2.24) is 14.7 Å². The number of hydrogen-bond acceptors (Lipinski definition) is 4. The van der Waals surface area contributed by atoms with Crippen molar-refractivity contribution >= 4 is 5.97 Å². The highest BCUT2D eigenvalue weighted by atomic mass is 16.5. The summed E-state index contributed by atoms with van der Waals surface area (Å²) in [5, 5.41) is 13.0. The molecule has 0 unspecified atom stereocenters. The number of aromatic carboxylic acids is 1. The van der Waals surface area contributed by atoms with Crippen LogP contribution in [0.2, 0.25) is 0 Å². The standard InChI is InChI=1S/C11H13N3O3/c1-3-8-9(11(15)16)10(13-17-8)7-5-12-6-14(7)4-2/h5-6H,3-4H2,1-2H3,(H,15,16). The third-order valence-electron chi connectivity index (χ3n) is 2.59. The molecule has 6 heteroatoms. The molecule has 0 amide bonds. The first-order chi connectivity index (χ1) is 8.19. The fraction of sp³-hybridized carbons (Fsp3) is 0.364. The first-order valence-electron chi connectivity index (χ1n) is 5.41. The summed E-state index contributed by atoms with van der Waals surface area (Å²) in [5.41, 5.74) is 1.13. The quantitative estimate of drug-likeness (QED) is 0.874. The second-order valence-corrected chi connectivity index (χ2v) is 3.55. The Morgan fingerprint density at radius 1 is 1.53 bits per heavy atom. The van der Waals surface area contributed by atoms with Crippen LogP contribution in [0.3, 0.4) is 0 Å². The zero-order valence-corrected chi connectivity index (χ0v) is 9.67. The van der Waals surface area contributed by atoms with Gasteiger partial charge in [0.2, 0.25) is 0 Å². The molecule has 0 aliphatic rings. The summed E-state index contributed by atoms with van der Waals surface area (Å²) < 4.78 is 6.88. The van der Waals surface area contributed by atoms with Gasteiger partial charge in [-0.05, 0) is 6.92 Å². The number of carbonyl (C=O) groups is 1. The number of imidazole rings is 1. The molecule has 0 radical (unpaired) electrons. The van der Waals surface area contributed by atoms with Gasteiger partial charge in [0.05, 0.1) is 18.2 Å². The molecule has 6 nitrogen and oxygen atoms in total. The highest BCUT2D eigenvalue weighted by molar-refractivity contribution is 5.95. The molecule has 2 aromatic heterocycles. The number of nitrogens with zero attached hydrogens (tertiary/aromatic N) is 3. The summed E-state index contributed by atoms with van der Waals surface area (Å²) in [6.45, 7) is 4.48. The molecule has 2 aromatic rings. The van der Waals surface area contributed by atoms with Gasteiger partial charge in [0, 0.05) is 13.0 Å². The molecule has 1 N–H and O–H groups in total. The Balaban J connectivity index is 2.60. The van der Waals surface area contributed by atoms with E-state index in [9.17, 15) is 9.90 Å². The third kappa shape index (κ3) is 1.82. The Morgan fingerprint density at radius 2 is 2.29 bits per heavy atom. The first-order valence-corrected chi connectivity index (χ1v) is 5.41. The van der Waals surface area contributed by atoms with Gasteiger partial charge in [0.15, 0.2) is 5.76 Å². The first kappa shape index (κ1) is 11.4. The molecule has 17 heavy (non-hydrogen) atoms. The lowest BCUT2D eigenvalue weighted by molar-refractivity contribution is 0.0695. The minimum absolute atomic E-state index is 0.128. The summed E-state index contributed by atoms with van der Waals surface area (Å²) in [4.78, 5) is 15.2. The maximum atomic E-state index is 11.2. The summed E-state index contributed by atoms with van der Waals surface area (Å²) in [7, 11) is 0. The molecule has 0 bridgehead atoms. The van der Waals surface area contributed by atoms with Crippen molar-refractivity contribution in [1.29, 1.82) is 0 Å². The second-order valence-electron chi connectivity index (χ2n) is 3.55. The largest absolute Gasteiger partial charge is 0.477 e. The highest BCUT2D eigenvalue weighted by Gasteiger charge is 2.24. The van der Waals surface area contributed by atoms with Crippen molar-refractivity contribution < 1.29 is 14.4 Å². The van der Waals surface area contributed by atoms with Crippen molar-refractivity contribution in [2.75, 3.05) is 0 Å². The van der Waals surface area contributed by atoms with Crippen molar-refractivity contribution in [2.45, 2.75) is 26.8 Å². The van der Waals surface area contributed by atoms with Crippen LogP contribution < -0.4 is 0 Å². The minimum atomic E-state index is -1.03. The summed E-state index contributed by atoms with van der Waals surface area (Å²) in [6, 6.07) is 0. The summed E-state index contributed by atoms with van der Waals surface area (Å²) in [6.07, 6.45) is 3.73. The van der Waals surface area contributed by atoms with Crippen molar-refractivity contribution in [3.8, 4) is 11.4 Å². The number of rotatable bonds is 4. The van der Waals surface area contributed by atoms with Gasteiger partial charge >= 0.3 is 5.97 Å². The molecular formula is C11H13N3O3. The van der Waals surface area contributed by atoms with Gasteiger partial charge in [-0.1, -0.05) is 12.1 Å². The molecule has 0 spiro atoms. The van der Waals surface area contributed by atoms with E-state index in [0.29, 0.717) is 30.1 Å². The van der Waals surface area contributed by atoms with Gasteiger partial charge < -0.3 is 14.2 Å². The van der Waals surface area contributed by atoms with Gasteiger partial charge in [-0.3, -0.25) is 0 Å². The number of carboxylic acids is 1. The van der Waals surface area contributed by atoms with Crippen LogP contribution in [-0.2, 0) is 13.0 Å². The molecule has 0 saturated heterocycles. The van der Waals surface area contributed by atoms with Crippen LogP contribution in [0.15, 0.2) is 17.0 Å². The van der Waals surface area contributed by atoms with Crippen LogP contribution >= 0.6 is 0 Å². The molecule has 2 rings (SSSR count). The van der Waals surface area contributed by atoms with E-state index in [0.717, 1.165) is 0 Å². The lowest BCUT2D eigenvalue weighted by Gasteiger charge is -2.02. The lowest BCUT2D eigenvalue weighted by Crippen LogP contribution is -2.03. The maximum absolute atomic E-state index is 11.2. The summed E-state index contributed by atoms with van der Waals surface area (Å²) in [5.74, 6) is -0.640. The number of carboxylic acid groups (broad SMARTS) is 1. The third-order valence-corrected chi connectivity index (χ3v) is 2.59. The Morgan fingerprint density at radius 3 is 2.88 bits per heavy atom. The molecule has 2 heterocycles. The Bertz CT molecular complexity index is 542. The fourth-order valence-electron chi connectivity index (χ4n) is 1.73. The zero-order chi connectivity index (χ0) is 12.4. The van der Waals surface area contributed by atoms with Gasteiger partial charge in [0.25, 0.3) is 0 Å². The number of aromatic nitrogens is 3. The highest BCUT2D eigenvalue weighted by Crippen LogP contribution is 2.25. The Kier molecular flexibility index (Phi) is 2.95.